The van der Waals surface area contributed by atoms with Crippen LogP contribution in [0.25, 0.3) is 0 Å². The van der Waals surface area contributed by atoms with Crippen molar-refractivity contribution < 1.29 is 13.9 Å². The Labute approximate surface area is 99.7 Å². The van der Waals surface area contributed by atoms with Gasteiger partial charge in [0.1, 0.15) is 11.6 Å². The second kappa shape index (κ2) is 5.56. The van der Waals surface area contributed by atoms with Crippen LogP contribution in [-0.2, 0) is 6.42 Å². The summed E-state index contributed by atoms with van der Waals surface area (Å²) in [7, 11) is 0. The van der Waals surface area contributed by atoms with Crippen molar-refractivity contribution in [3.8, 4) is 0 Å². The van der Waals surface area contributed by atoms with Crippen LogP contribution in [0.5, 0.6) is 0 Å². The lowest BCUT2D eigenvalue weighted by atomic mass is 10.1. The van der Waals surface area contributed by atoms with E-state index < -0.39 is 11.6 Å². The summed E-state index contributed by atoms with van der Waals surface area (Å²) in [6, 6.07) is 3.69. The topological polar surface area (TPSA) is 32.3 Å². The van der Waals surface area contributed by atoms with E-state index in [1.54, 1.807) is 0 Å². The molecule has 1 saturated carbocycles. The Balaban J connectivity index is 1.81. The largest absolute Gasteiger partial charge is 0.392 e. The van der Waals surface area contributed by atoms with Gasteiger partial charge >= 0.3 is 0 Å². The molecular weight excluding hydrogens is 224 g/mol. The number of rotatable bonds is 4. The molecule has 0 aromatic heterocycles. The lowest BCUT2D eigenvalue weighted by Crippen LogP contribution is -2.36. The molecule has 94 valence electrons. The Kier molecular flexibility index (Phi) is 4.07. The third-order valence-corrected chi connectivity index (χ3v) is 3.22. The maximum Gasteiger partial charge on any atom is 0.126 e. The van der Waals surface area contributed by atoms with Crippen LogP contribution in [0.4, 0.5) is 8.78 Å². The van der Waals surface area contributed by atoms with Gasteiger partial charge in [-0.2, -0.15) is 0 Å². The molecule has 2 unspecified atom stereocenters. The fourth-order valence-corrected chi connectivity index (χ4v) is 2.34. The van der Waals surface area contributed by atoms with Crippen LogP contribution in [0.15, 0.2) is 18.2 Å². The average Bonchev–Trinajstić information content (AvgIpc) is 2.63. The second-order valence-corrected chi connectivity index (χ2v) is 4.59. The summed E-state index contributed by atoms with van der Waals surface area (Å²) in [4.78, 5) is 0. The Bertz CT molecular complexity index is 363. The number of hydrogen-bond acceptors (Lipinski definition) is 2. The summed E-state index contributed by atoms with van der Waals surface area (Å²) < 4.78 is 25.8. The monoisotopic (exact) mass is 241 g/mol. The van der Waals surface area contributed by atoms with E-state index in [1.165, 1.54) is 12.1 Å². The van der Waals surface area contributed by atoms with Gasteiger partial charge in [-0.3, -0.25) is 0 Å². The predicted octanol–water partition coefficient (Wildman–Crippen LogP) is 2.01. The number of aliphatic hydroxyl groups is 1. The quantitative estimate of drug-likeness (QED) is 0.845. The molecule has 2 N–H and O–H groups in total. The van der Waals surface area contributed by atoms with Gasteiger partial charge in [-0.1, -0.05) is 0 Å². The Morgan fingerprint density at radius 3 is 2.47 bits per heavy atom. The molecule has 0 spiro atoms. The van der Waals surface area contributed by atoms with Crippen LogP contribution in [0, 0.1) is 11.6 Å². The average molecular weight is 241 g/mol. The molecule has 1 aromatic carbocycles. The van der Waals surface area contributed by atoms with E-state index in [2.05, 4.69) is 5.32 Å². The highest BCUT2D eigenvalue weighted by atomic mass is 19.1. The van der Waals surface area contributed by atoms with Crippen LogP contribution in [0.2, 0.25) is 0 Å². The van der Waals surface area contributed by atoms with Gasteiger partial charge in [0, 0.05) is 12.1 Å². The zero-order valence-corrected chi connectivity index (χ0v) is 9.63. The molecule has 0 bridgehead atoms. The lowest BCUT2D eigenvalue weighted by Gasteiger charge is -2.16. The molecule has 1 aromatic rings. The van der Waals surface area contributed by atoms with Gasteiger partial charge in [-0.05, 0) is 49.9 Å². The summed E-state index contributed by atoms with van der Waals surface area (Å²) in [5.74, 6) is -1.08. The molecule has 4 heteroatoms. The molecule has 0 saturated heterocycles. The standard InChI is InChI=1S/C13H17F2NO/c14-10-6-9(7-11(15)8-10)4-5-16-12-2-1-3-13(12)17/h6-8,12-13,16-17H,1-5H2. The van der Waals surface area contributed by atoms with E-state index in [9.17, 15) is 13.9 Å². The van der Waals surface area contributed by atoms with E-state index in [0.29, 0.717) is 18.5 Å². The fraction of sp³-hybridized carbons (Fsp3) is 0.538. The molecule has 0 heterocycles. The molecule has 1 aliphatic carbocycles. The predicted molar refractivity (Wildman–Crippen MR) is 61.7 cm³/mol. The van der Waals surface area contributed by atoms with E-state index in [0.717, 1.165) is 25.3 Å². The molecule has 0 radical (unpaired) electrons. The minimum atomic E-state index is -0.541. The van der Waals surface area contributed by atoms with Crippen molar-refractivity contribution in [3.05, 3.63) is 35.4 Å². The Morgan fingerprint density at radius 1 is 1.18 bits per heavy atom. The first-order valence-corrected chi connectivity index (χ1v) is 6.01. The molecule has 17 heavy (non-hydrogen) atoms. The normalized spacial score (nSPS) is 24.2. The van der Waals surface area contributed by atoms with Crippen molar-refractivity contribution in [3.63, 3.8) is 0 Å². The highest BCUT2D eigenvalue weighted by molar-refractivity contribution is 5.18. The molecule has 1 aliphatic rings. The minimum Gasteiger partial charge on any atom is -0.392 e. The fourth-order valence-electron chi connectivity index (χ4n) is 2.34. The maximum absolute atomic E-state index is 12.9. The zero-order chi connectivity index (χ0) is 12.3. The van der Waals surface area contributed by atoms with Crippen LogP contribution >= 0.6 is 0 Å². The Hall–Kier alpha value is -1.00. The van der Waals surface area contributed by atoms with Crippen molar-refractivity contribution in [1.82, 2.24) is 5.32 Å². The molecule has 0 amide bonds. The van der Waals surface area contributed by atoms with Gasteiger partial charge in [-0.15, -0.1) is 0 Å². The number of nitrogens with one attached hydrogen (secondary N) is 1. The van der Waals surface area contributed by atoms with E-state index in [1.807, 2.05) is 0 Å². The van der Waals surface area contributed by atoms with Crippen LogP contribution in [0.1, 0.15) is 24.8 Å². The Morgan fingerprint density at radius 2 is 1.88 bits per heavy atom. The number of halogens is 2. The first-order valence-electron chi connectivity index (χ1n) is 6.01. The van der Waals surface area contributed by atoms with Crippen molar-refractivity contribution in [2.75, 3.05) is 6.54 Å². The van der Waals surface area contributed by atoms with Crippen molar-refractivity contribution in [1.29, 1.82) is 0 Å². The first-order chi connectivity index (χ1) is 8.15. The van der Waals surface area contributed by atoms with Gasteiger partial charge < -0.3 is 10.4 Å². The zero-order valence-electron chi connectivity index (χ0n) is 9.63. The molecule has 2 rings (SSSR count). The van der Waals surface area contributed by atoms with Crippen molar-refractivity contribution >= 4 is 0 Å². The van der Waals surface area contributed by atoms with Gasteiger partial charge in [0.2, 0.25) is 0 Å². The highest BCUT2D eigenvalue weighted by Gasteiger charge is 2.23. The van der Waals surface area contributed by atoms with Crippen LogP contribution in [0.3, 0.4) is 0 Å². The van der Waals surface area contributed by atoms with E-state index in [-0.39, 0.29) is 12.1 Å². The number of benzene rings is 1. The highest BCUT2D eigenvalue weighted by Crippen LogP contribution is 2.18. The molecule has 2 atom stereocenters. The SMILES string of the molecule is OC1CCCC1NCCc1cc(F)cc(F)c1. The number of hydrogen-bond donors (Lipinski definition) is 2. The smallest absolute Gasteiger partial charge is 0.126 e. The summed E-state index contributed by atoms with van der Waals surface area (Å²) in [5, 5.41) is 12.8. The number of aliphatic hydroxyl groups excluding tert-OH is 1. The van der Waals surface area contributed by atoms with Crippen molar-refractivity contribution in [2.24, 2.45) is 0 Å². The minimum absolute atomic E-state index is 0.133. The van der Waals surface area contributed by atoms with Crippen molar-refractivity contribution in [2.45, 2.75) is 37.8 Å². The van der Waals surface area contributed by atoms with Gasteiger partial charge in [-0.25, -0.2) is 8.78 Å². The van der Waals surface area contributed by atoms with Crippen LogP contribution in [-0.4, -0.2) is 23.8 Å². The summed E-state index contributed by atoms with van der Waals surface area (Å²) >= 11 is 0. The summed E-state index contributed by atoms with van der Waals surface area (Å²) in [6.45, 7) is 0.630. The molecular formula is C13H17F2NO. The molecule has 2 nitrogen and oxygen atoms in total. The molecule has 0 aliphatic heterocycles. The van der Waals surface area contributed by atoms with Gasteiger partial charge in [0.25, 0.3) is 0 Å². The second-order valence-electron chi connectivity index (χ2n) is 4.59. The first kappa shape index (κ1) is 12.5. The molecule has 1 fully saturated rings. The van der Waals surface area contributed by atoms with E-state index in [4.69, 9.17) is 0 Å². The summed E-state index contributed by atoms with van der Waals surface area (Å²) in [5.41, 5.74) is 0.641. The van der Waals surface area contributed by atoms with Gasteiger partial charge in [0.05, 0.1) is 6.10 Å². The third-order valence-electron chi connectivity index (χ3n) is 3.22. The van der Waals surface area contributed by atoms with Gasteiger partial charge in [0.15, 0.2) is 0 Å². The van der Waals surface area contributed by atoms with E-state index >= 15 is 0 Å². The summed E-state index contributed by atoms with van der Waals surface area (Å²) in [6.07, 6.45) is 3.13. The maximum atomic E-state index is 12.9. The lowest BCUT2D eigenvalue weighted by molar-refractivity contribution is 0.149. The van der Waals surface area contributed by atoms with Crippen LogP contribution < -0.4 is 5.32 Å². The third kappa shape index (κ3) is 3.48.